The van der Waals surface area contributed by atoms with Gasteiger partial charge >= 0.3 is 0 Å². The van der Waals surface area contributed by atoms with Crippen molar-refractivity contribution in [2.24, 2.45) is 0 Å². The van der Waals surface area contributed by atoms with Gasteiger partial charge in [-0.1, -0.05) is 0 Å². The lowest BCUT2D eigenvalue weighted by molar-refractivity contribution is 0.0774. The third kappa shape index (κ3) is 2.65. The van der Waals surface area contributed by atoms with Crippen molar-refractivity contribution in [1.29, 1.82) is 0 Å². The molecule has 0 aliphatic carbocycles. The van der Waals surface area contributed by atoms with Gasteiger partial charge in [0.25, 0.3) is 5.91 Å². The first kappa shape index (κ1) is 13.3. The zero-order chi connectivity index (χ0) is 13.8. The fraction of sp³-hybridized carbons (Fsp3) is 0.286. The number of carbonyl (C=O) groups is 1. The zero-order valence-electron chi connectivity index (χ0n) is 11.0. The minimum absolute atomic E-state index is 0.0712. The van der Waals surface area contributed by atoms with Gasteiger partial charge in [0, 0.05) is 18.7 Å². The number of amides is 1. The van der Waals surface area contributed by atoms with Crippen LogP contribution in [-0.4, -0.2) is 34.1 Å². The van der Waals surface area contributed by atoms with E-state index in [1.54, 1.807) is 17.0 Å². The van der Waals surface area contributed by atoms with Crippen molar-refractivity contribution in [3.63, 3.8) is 0 Å². The van der Waals surface area contributed by atoms with Crippen molar-refractivity contribution in [3.8, 4) is 11.3 Å². The third-order valence-electron chi connectivity index (χ3n) is 3.05. The summed E-state index contributed by atoms with van der Waals surface area (Å²) in [6, 6.07) is 5.98. The largest absolute Gasteiger partial charge is 0.339 e. The standard InChI is InChI=1S/C14H16FN3O/c1-3-18(4-2)14(19)12-9-16-17-13(12)10-5-7-11(15)8-6-10/h5-9H,3-4H2,1-2H3,(H,16,17). The van der Waals surface area contributed by atoms with Crippen LogP contribution in [0.1, 0.15) is 24.2 Å². The van der Waals surface area contributed by atoms with Gasteiger partial charge in [-0.15, -0.1) is 0 Å². The Morgan fingerprint density at radius 3 is 2.47 bits per heavy atom. The minimum atomic E-state index is -0.306. The number of aromatic amines is 1. The molecule has 0 aliphatic rings. The van der Waals surface area contributed by atoms with E-state index in [1.165, 1.54) is 18.3 Å². The third-order valence-corrected chi connectivity index (χ3v) is 3.05. The molecule has 0 spiro atoms. The average molecular weight is 261 g/mol. The summed E-state index contributed by atoms with van der Waals surface area (Å²) in [4.78, 5) is 14.0. The van der Waals surface area contributed by atoms with Gasteiger partial charge in [0.1, 0.15) is 5.82 Å². The molecule has 0 saturated heterocycles. The SMILES string of the molecule is CCN(CC)C(=O)c1cn[nH]c1-c1ccc(F)cc1. The van der Waals surface area contributed by atoms with E-state index in [-0.39, 0.29) is 11.7 Å². The lowest BCUT2D eigenvalue weighted by Gasteiger charge is -2.18. The Bertz CT molecular complexity index is 558. The highest BCUT2D eigenvalue weighted by molar-refractivity contribution is 5.99. The summed E-state index contributed by atoms with van der Waals surface area (Å²) < 4.78 is 12.9. The molecular formula is C14H16FN3O. The Hall–Kier alpha value is -2.17. The Balaban J connectivity index is 2.37. The topological polar surface area (TPSA) is 49.0 Å². The van der Waals surface area contributed by atoms with Crippen molar-refractivity contribution in [2.75, 3.05) is 13.1 Å². The first-order valence-corrected chi connectivity index (χ1v) is 6.26. The van der Waals surface area contributed by atoms with E-state index in [9.17, 15) is 9.18 Å². The molecule has 1 aromatic heterocycles. The van der Waals surface area contributed by atoms with Crippen LogP contribution >= 0.6 is 0 Å². The molecule has 2 rings (SSSR count). The number of hydrogen-bond donors (Lipinski definition) is 1. The molecule has 1 N–H and O–H groups in total. The highest BCUT2D eigenvalue weighted by atomic mass is 19.1. The van der Waals surface area contributed by atoms with E-state index < -0.39 is 0 Å². The summed E-state index contributed by atoms with van der Waals surface area (Å²) in [5.74, 6) is -0.377. The zero-order valence-corrected chi connectivity index (χ0v) is 11.0. The molecule has 100 valence electrons. The van der Waals surface area contributed by atoms with Gasteiger partial charge in [0.15, 0.2) is 0 Å². The smallest absolute Gasteiger partial charge is 0.257 e. The number of benzene rings is 1. The molecule has 0 aliphatic heterocycles. The summed E-state index contributed by atoms with van der Waals surface area (Å²) >= 11 is 0. The van der Waals surface area contributed by atoms with E-state index in [2.05, 4.69) is 10.2 Å². The van der Waals surface area contributed by atoms with Gasteiger partial charge in [-0.3, -0.25) is 9.89 Å². The van der Waals surface area contributed by atoms with Gasteiger partial charge < -0.3 is 4.90 Å². The summed E-state index contributed by atoms with van der Waals surface area (Å²) in [5, 5.41) is 6.73. The van der Waals surface area contributed by atoms with Crippen LogP contribution in [0.2, 0.25) is 0 Å². The van der Waals surface area contributed by atoms with Gasteiger partial charge in [0.05, 0.1) is 17.5 Å². The molecule has 4 nitrogen and oxygen atoms in total. The van der Waals surface area contributed by atoms with Crippen molar-refractivity contribution in [2.45, 2.75) is 13.8 Å². The normalized spacial score (nSPS) is 10.5. The molecule has 0 atom stereocenters. The molecule has 1 heterocycles. The number of carbonyl (C=O) groups excluding carboxylic acids is 1. The first-order chi connectivity index (χ1) is 9.17. The average Bonchev–Trinajstić information content (AvgIpc) is 2.90. The highest BCUT2D eigenvalue weighted by Crippen LogP contribution is 2.22. The van der Waals surface area contributed by atoms with Crippen LogP contribution in [-0.2, 0) is 0 Å². The fourth-order valence-electron chi connectivity index (χ4n) is 1.97. The Labute approximate surface area is 111 Å². The predicted molar refractivity (Wildman–Crippen MR) is 71.2 cm³/mol. The van der Waals surface area contributed by atoms with Gasteiger partial charge in [-0.05, 0) is 38.1 Å². The van der Waals surface area contributed by atoms with Crippen molar-refractivity contribution in [3.05, 3.63) is 41.8 Å². The quantitative estimate of drug-likeness (QED) is 0.920. The molecule has 0 bridgehead atoms. The number of H-pyrrole nitrogens is 1. The molecule has 19 heavy (non-hydrogen) atoms. The van der Waals surface area contributed by atoms with Crippen molar-refractivity contribution >= 4 is 5.91 Å². The van der Waals surface area contributed by atoms with E-state index in [4.69, 9.17) is 0 Å². The highest BCUT2D eigenvalue weighted by Gasteiger charge is 2.19. The fourth-order valence-corrected chi connectivity index (χ4v) is 1.97. The van der Waals surface area contributed by atoms with E-state index in [0.29, 0.717) is 24.3 Å². The van der Waals surface area contributed by atoms with Crippen molar-refractivity contribution in [1.82, 2.24) is 15.1 Å². The number of halogens is 1. The lowest BCUT2D eigenvalue weighted by Crippen LogP contribution is -2.30. The second-order valence-electron chi connectivity index (χ2n) is 4.14. The maximum atomic E-state index is 12.9. The van der Waals surface area contributed by atoms with E-state index in [1.807, 2.05) is 13.8 Å². The molecule has 5 heteroatoms. The van der Waals surface area contributed by atoms with Gasteiger partial charge in [-0.25, -0.2) is 4.39 Å². The minimum Gasteiger partial charge on any atom is -0.339 e. The predicted octanol–water partition coefficient (Wildman–Crippen LogP) is 2.70. The lowest BCUT2D eigenvalue weighted by atomic mass is 10.1. The molecule has 0 radical (unpaired) electrons. The van der Waals surface area contributed by atoms with Crippen LogP contribution < -0.4 is 0 Å². The molecule has 0 saturated carbocycles. The van der Waals surface area contributed by atoms with Crippen LogP contribution in [0.5, 0.6) is 0 Å². The first-order valence-electron chi connectivity index (χ1n) is 6.26. The van der Waals surface area contributed by atoms with Crippen LogP contribution in [0, 0.1) is 5.82 Å². The van der Waals surface area contributed by atoms with Gasteiger partial charge in [0.2, 0.25) is 0 Å². The van der Waals surface area contributed by atoms with Crippen LogP contribution in [0.3, 0.4) is 0 Å². The van der Waals surface area contributed by atoms with E-state index in [0.717, 1.165) is 5.56 Å². The number of aromatic nitrogens is 2. The van der Waals surface area contributed by atoms with Crippen LogP contribution in [0.4, 0.5) is 4.39 Å². The van der Waals surface area contributed by atoms with Gasteiger partial charge in [-0.2, -0.15) is 5.10 Å². The molecular weight excluding hydrogens is 245 g/mol. The number of nitrogens with zero attached hydrogens (tertiary/aromatic N) is 2. The molecule has 2 aromatic rings. The second-order valence-corrected chi connectivity index (χ2v) is 4.14. The molecule has 1 aromatic carbocycles. The summed E-state index contributed by atoms with van der Waals surface area (Å²) in [7, 11) is 0. The number of rotatable bonds is 4. The van der Waals surface area contributed by atoms with Crippen LogP contribution in [0.25, 0.3) is 11.3 Å². The van der Waals surface area contributed by atoms with Crippen LogP contribution in [0.15, 0.2) is 30.5 Å². The number of nitrogens with one attached hydrogen (secondary N) is 1. The molecule has 1 amide bonds. The summed E-state index contributed by atoms with van der Waals surface area (Å²) in [5.41, 5.74) is 1.88. The molecule has 0 unspecified atom stereocenters. The maximum absolute atomic E-state index is 12.9. The van der Waals surface area contributed by atoms with Crippen molar-refractivity contribution < 1.29 is 9.18 Å². The Kier molecular flexibility index (Phi) is 3.94. The van der Waals surface area contributed by atoms with E-state index >= 15 is 0 Å². The number of hydrogen-bond acceptors (Lipinski definition) is 2. The summed E-state index contributed by atoms with van der Waals surface area (Å²) in [6.45, 7) is 5.14. The molecule has 0 fully saturated rings. The maximum Gasteiger partial charge on any atom is 0.257 e. The second kappa shape index (κ2) is 5.65. The monoisotopic (exact) mass is 261 g/mol. The Morgan fingerprint density at radius 2 is 1.89 bits per heavy atom. The Morgan fingerprint density at radius 1 is 1.26 bits per heavy atom. The summed E-state index contributed by atoms with van der Waals surface area (Å²) in [6.07, 6.45) is 1.51.